The predicted octanol–water partition coefficient (Wildman–Crippen LogP) is 2.28. The highest BCUT2D eigenvalue weighted by Gasteiger charge is 2.32. The van der Waals surface area contributed by atoms with E-state index in [1.54, 1.807) is 5.51 Å². The number of aliphatic hydroxyl groups is 1. The Morgan fingerprint density at radius 3 is 2.88 bits per heavy atom. The van der Waals surface area contributed by atoms with Gasteiger partial charge in [0.2, 0.25) is 5.13 Å². The molecule has 5 heteroatoms. The molecule has 0 radical (unpaired) electrons. The van der Waals surface area contributed by atoms with Crippen molar-refractivity contribution in [1.29, 1.82) is 0 Å². The van der Waals surface area contributed by atoms with Crippen LogP contribution in [0.1, 0.15) is 39.0 Å². The predicted molar refractivity (Wildman–Crippen MR) is 65.6 cm³/mol. The number of hydrogen-bond acceptors (Lipinski definition) is 5. The zero-order valence-electron chi connectivity index (χ0n) is 9.65. The number of anilines is 1. The van der Waals surface area contributed by atoms with Crippen molar-refractivity contribution >= 4 is 16.5 Å². The number of nitrogens with one attached hydrogen (secondary N) is 1. The van der Waals surface area contributed by atoms with E-state index in [4.69, 9.17) is 0 Å². The van der Waals surface area contributed by atoms with E-state index in [0.29, 0.717) is 6.54 Å². The molecule has 1 fully saturated rings. The minimum atomic E-state index is -0.544. The van der Waals surface area contributed by atoms with Crippen LogP contribution in [0.3, 0.4) is 0 Å². The molecule has 1 heterocycles. The number of rotatable bonds is 4. The van der Waals surface area contributed by atoms with Gasteiger partial charge >= 0.3 is 0 Å². The Bertz CT molecular complexity index is 307. The largest absolute Gasteiger partial charge is 0.388 e. The Morgan fingerprint density at radius 2 is 2.31 bits per heavy atom. The molecule has 1 aromatic heterocycles. The molecule has 1 aliphatic carbocycles. The minimum Gasteiger partial charge on any atom is -0.388 e. The van der Waals surface area contributed by atoms with Crippen LogP contribution in [0.2, 0.25) is 0 Å². The molecule has 1 saturated carbocycles. The summed E-state index contributed by atoms with van der Waals surface area (Å²) in [6.45, 7) is 2.83. The highest BCUT2D eigenvalue weighted by molar-refractivity contribution is 7.13. The fourth-order valence-corrected chi connectivity index (χ4v) is 2.73. The first kappa shape index (κ1) is 11.8. The third-order valence-electron chi connectivity index (χ3n) is 3.54. The van der Waals surface area contributed by atoms with Crippen LogP contribution < -0.4 is 5.32 Å². The first-order valence-corrected chi connectivity index (χ1v) is 6.82. The summed E-state index contributed by atoms with van der Waals surface area (Å²) in [5.41, 5.74) is 1.15. The average molecular weight is 241 g/mol. The maximum absolute atomic E-state index is 10.4. The summed E-state index contributed by atoms with van der Waals surface area (Å²) >= 11 is 1.47. The lowest BCUT2D eigenvalue weighted by atomic mass is 9.78. The van der Waals surface area contributed by atoms with E-state index in [1.807, 2.05) is 0 Å². The standard InChI is InChI=1S/C11H19N3OS/c1-2-9-3-5-11(15,6-4-9)7-12-10-14-13-8-16-10/h8-9,15H,2-7H2,1H3,(H,12,14). The molecular formula is C11H19N3OS. The molecule has 0 aliphatic heterocycles. The first-order valence-electron chi connectivity index (χ1n) is 5.94. The highest BCUT2D eigenvalue weighted by atomic mass is 32.1. The summed E-state index contributed by atoms with van der Waals surface area (Å²) in [5.74, 6) is 0.807. The van der Waals surface area contributed by atoms with E-state index in [-0.39, 0.29) is 0 Å². The second-order valence-electron chi connectivity index (χ2n) is 4.67. The third kappa shape index (κ3) is 2.92. The Hall–Kier alpha value is -0.680. The monoisotopic (exact) mass is 241 g/mol. The van der Waals surface area contributed by atoms with Gasteiger partial charge in [0.15, 0.2) is 0 Å². The second kappa shape index (κ2) is 5.10. The lowest BCUT2D eigenvalue weighted by molar-refractivity contribution is 0.00228. The summed E-state index contributed by atoms with van der Waals surface area (Å²) in [5, 5.41) is 22.0. The summed E-state index contributed by atoms with van der Waals surface area (Å²) in [6, 6.07) is 0. The van der Waals surface area contributed by atoms with Gasteiger partial charge in [-0.3, -0.25) is 0 Å². The highest BCUT2D eigenvalue weighted by Crippen LogP contribution is 2.33. The van der Waals surface area contributed by atoms with Crippen LogP contribution in [0.25, 0.3) is 0 Å². The van der Waals surface area contributed by atoms with Gasteiger partial charge in [0.25, 0.3) is 0 Å². The third-order valence-corrected chi connectivity index (χ3v) is 4.19. The van der Waals surface area contributed by atoms with Gasteiger partial charge < -0.3 is 10.4 Å². The van der Waals surface area contributed by atoms with Crippen molar-refractivity contribution in [3.63, 3.8) is 0 Å². The molecule has 0 unspecified atom stereocenters. The number of aromatic nitrogens is 2. The average Bonchev–Trinajstić information content (AvgIpc) is 2.81. The second-order valence-corrected chi connectivity index (χ2v) is 5.51. The van der Waals surface area contributed by atoms with Crippen LogP contribution in [-0.2, 0) is 0 Å². The smallest absolute Gasteiger partial charge is 0.205 e. The molecule has 0 bridgehead atoms. The van der Waals surface area contributed by atoms with Gasteiger partial charge in [-0.15, -0.1) is 10.2 Å². The Morgan fingerprint density at radius 1 is 1.56 bits per heavy atom. The van der Waals surface area contributed by atoms with E-state index < -0.39 is 5.60 Å². The van der Waals surface area contributed by atoms with Crippen LogP contribution in [0, 0.1) is 5.92 Å². The maximum Gasteiger partial charge on any atom is 0.205 e. The van der Waals surface area contributed by atoms with E-state index in [2.05, 4.69) is 22.4 Å². The van der Waals surface area contributed by atoms with Crippen molar-refractivity contribution in [2.75, 3.05) is 11.9 Å². The number of hydrogen-bond donors (Lipinski definition) is 2. The molecule has 0 saturated heterocycles. The first-order chi connectivity index (χ1) is 7.72. The molecular weight excluding hydrogens is 222 g/mol. The Kier molecular flexibility index (Phi) is 3.76. The molecule has 90 valence electrons. The van der Waals surface area contributed by atoms with Gasteiger partial charge in [-0.1, -0.05) is 24.7 Å². The summed E-state index contributed by atoms with van der Waals surface area (Å²) in [6.07, 6.45) is 5.32. The molecule has 2 N–H and O–H groups in total. The van der Waals surface area contributed by atoms with Gasteiger partial charge in [0.1, 0.15) is 5.51 Å². The Balaban J connectivity index is 1.80. The normalized spacial score (nSPS) is 30.2. The summed E-state index contributed by atoms with van der Waals surface area (Å²) in [4.78, 5) is 0. The van der Waals surface area contributed by atoms with Crippen LogP contribution in [0.4, 0.5) is 5.13 Å². The molecule has 4 nitrogen and oxygen atoms in total. The Labute approximate surface area is 100 Å². The molecule has 1 aliphatic rings. The van der Waals surface area contributed by atoms with Gasteiger partial charge in [0.05, 0.1) is 5.60 Å². The zero-order chi connectivity index (χ0) is 11.4. The van der Waals surface area contributed by atoms with Crippen LogP contribution in [0.15, 0.2) is 5.51 Å². The molecule has 1 aromatic rings. The summed E-state index contributed by atoms with van der Waals surface area (Å²) < 4.78 is 0. The quantitative estimate of drug-likeness (QED) is 0.849. The van der Waals surface area contributed by atoms with E-state index >= 15 is 0 Å². The van der Waals surface area contributed by atoms with Crippen molar-refractivity contribution in [2.24, 2.45) is 5.92 Å². The van der Waals surface area contributed by atoms with Crippen LogP contribution in [-0.4, -0.2) is 27.4 Å². The van der Waals surface area contributed by atoms with Crippen LogP contribution >= 0.6 is 11.3 Å². The molecule has 16 heavy (non-hydrogen) atoms. The topological polar surface area (TPSA) is 58.0 Å². The van der Waals surface area contributed by atoms with Crippen LogP contribution in [0.5, 0.6) is 0 Å². The molecule has 0 aromatic carbocycles. The van der Waals surface area contributed by atoms with Gasteiger partial charge in [-0.2, -0.15) is 0 Å². The van der Waals surface area contributed by atoms with E-state index in [0.717, 1.165) is 36.7 Å². The summed E-state index contributed by atoms with van der Waals surface area (Å²) in [7, 11) is 0. The van der Waals surface area contributed by atoms with E-state index in [1.165, 1.54) is 17.8 Å². The molecule has 2 rings (SSSR count). The number of nitrogens with zero attached hydrogens (tertiary/aromatic N) is 2. The minimum absolute atomic E-state index is 0.544. The van der Waals surface area contributed by atoms with Crippen molar-refractivity contribution in [3.05, 3.63) is 5.51 Å². The lowest BCUT2D eigenvalue weighted by Crippen LogP contribution is -2.40. The fourth-order valence-electron chi connectivity index (χ4n) is 2.29. The van der Waals surface area contributed by atoms with Crippen molar-refractivity contribution < 1.29 is 5.11 Å². The fraction of sp³-hybridized carbons (Fsp3) is 0.818. The maximum atomic E-state index is 10.4. The molecule has 0 amide bonds. The van der Waals surface area contributed by atoms with Crippen molar-refractivity contribution in [1.82, 2.24) is 10.2 Å². The molecule has 0 spiro atoms. The van der Waals surface area contributed by atoms with Crippen molar-refractivity contribution in [2.45, 2.75) is 44.6 Å². The van der Waals surface area contributed by atoms with E-state index in [9.17, 15) is 5.11 Å². The van der Waals surface area contributed by atoms with Gasteiger partial charge in [0, 0.05) is 6.54 Å². The molecule has 0 atom stereocenters. The lowest BCUT2D eigenvalue weighted by Gasteiger charge is -2.35. The van der Waals surface area contributed by atoms with Gasteiger partial charge in [-0.25, -0.2) is 0 Å². The SMILES string of the molecule is CCC1CCC(O)(CNc2nncs2)CC1. The van der Waals surface area contributed by atoms with Crippen molar-refractivity contribution in [3.8, 4) is 0 Å². The zero-order valence-corrected chi connectivity index (χ0v) is 10.5. The van der Waals surface area contributed by atoms with Gasteiger partial charge in [-0.05, 0) is 31.6 Å².